The van der Waals surface area contributed by atoms with E-state index in [0.29, 0.717) is 23.6 Å². The Hall–Kier alpha value is -5.04. The molecule has 0 spiro atoms. The molecule has 14 heteroatoms. The van der Waals surface area contributed by atoms with Crippen molar-refractivity contribution in [2.24, 2.45) is 5.92 Å². The molecular formula is C56H67Cl3N6O5. The number of anilines is 2. The van der Waals surface area contributed by atoms with Crippen LogP contribution in [0.3, 0.4) is 0 Å². The molecule has 0 saturated heterocycles. The van der Waals surface area contributed by atoms with Crippen molar-refractivity contribution in [2.45, 2.75) is 115 Å². The van der Waals surface area contributed by atoms with Gasteiger partial charge in [0.2, 0.25) is 0 Å². The van der Waals surface area contributed by atoms with Crippen LogP contribution in [-0.4, -0.2) is 101 Å². The van der Waals surface area contributed by atoms with Crippen LogP contribution in [0.4, 0.5) is 11.4 Å². The Kier molecular flexibility index (Phi) is 16.2. The number of pyridine rings is 2. The van der Waals surface area contributed by atoms with Crippen molar-refractivity contribution in [3.05, 3.63) is 94.2 Å². The number of methoxy groups -OCH3 is 2. The van der Waals surface area contributed by atoms with Gasteiger partial charge in [-0.1, -0.05) is 63.0 Å². The highest BCUT2D eigenvalue weighted by Crippen LogP contribution is 2.63. The van der Waals surface area contributed by atoms with E-state index < -0.39 is 0 Å². The first-order valence-electron chi connectivity index (χ1n) is 25.0. The normalized spacial score (nSPS) is 22.2. The molecule has 11 nitrogen and oxygen atoms in total. The molecule has 3 aliphatic carbocycles. The fourth-order valence-corrected chi connectivity index (χ4v) is 12.2. The summed E-state index contributed by atoms with van der Waals surface area (Å²) >= 11 is 13.1. The van der Waals surface area contributed by atoms with E-state index in [1.807, 2.05) is 36.7 Å². The molecule has 70 heavy (non-hydrogen) atoms. The molecule has 0 amide bonds. The molecule has 2 unspecified atom stereocenters. The summed E-state index contributed by atoms with van der Waals surface area (Å²) in [6, 6.07) is 21.1. The van der Waals surface area contributed by atoms with Crippen LogP contribution in [0.25, 0.3) is 44.1 Å². The summed E-state index contributed by atoms with van der Waals surface area (Å²) in [6.07, 6.45) is 13.7. The van der Waals surface area contributed by atoms with Crippen LogP contribution >= 0.6 is 35.6 Å². The van der Waals surface area contributed by atoms with Gasteiger partial charge in [0.05, 0.1) is 35.3 Å². The number of aromatic nitrogens is 2. The van der Waals surface area contributed by atoms with E-state index in [-0.39, 0.29) is 63.8 Å². The standard InChI is InChI=1S/C56H66Cl2N6O5.ClH/c1-7-63(8-2)38-17-13-36(14-18-38)61-53-40-23-32(34-25-45(57)55(66)49(27-34)68-5)11-21-47(40)59-29-42(53)51-44(31-65)52(51)43-30-60-48-22-12-33(35-26-46(58)56(67)50(28-35)69-6)24-41(48)54(43)62-37-15-19-39(20-16-37)64(9-3)10-4;/h11-12,21-31,36-39,44,51-52,66-67H,7-10,13-20H2,1-6H3,(H,59,61)(H,60,62);1H. The number of hydrogen-bond donors (Lipinski definition) is 4. The summed E-state index contributed by atoms with van der Waals surface area (Å²) in [5.74, 6) is -0.239. The molecule has 6 aromatic rings. The van der Waals surface area contributed by atoms with E-state index in [0.717, 1.165) is 150 Å². The molecule has 372 valence electrons. The van der Waals surface area contributed by atoms with Crippen LogP contribution < -0.4 is 20.1 Å². The third-order valence-electron chi connectivity index (χ3n) is 15.7. The van der Waals surface area contributed by atoms with Gasteiger partial charge >= 0.3 is 0 Å². The Labute approximate surface area is 428 Å². The number of carbonyl (C=O) groups is 1. The van der Waals surface area contributed by atoms with Gasteiger partial charge in [0, 0.05) is 76.5 Å². The van der Waals surface area contributed by atoms with E-state index in [4.69, 9.17) is 42.6 Å². The predicted molar refractivity (Wildman–Crippen MR) is 288 cm³/mol. The average molecular weight is 1010 g/mol. The maximum Gasteiger partial charge on any atom is 0.176 e. The average Bonchev–Trinajstić information content (AvgIpc) is 4.11. The molecule has 3 saturated carbocycles. The van der Waals surface area contributed by atoms with Gasteiger partial charge in [0.25, 0.3) is 0 Å². The maximum atomic E-state index is 13.5. The van der Waals surface area contributed by atoms with Gasteiger partial charge in [-0.15, -0.1) is 12.4 Å². The van der Waals surface area contributed by atoms with Crippen molar-refractivity contribution < 1.29 is 24.5 Å². The summed E-state index contributed by atoms with van der Waals surface area (Å²) in [7, 11) is 3.04. The second-order valence-electron chi connectivity index (χ2n) is 19.2. The first kappa shape index (κ1) is 51.3. The number of nitrogens with one attached hydrogen (secondary N) is 2. The number of halogens is 3. The zero-order chi connectivity index (χ0) is 48.5. The first-order chi connectivity index (χ1) is 33.5. The summed E-state index contributed by atoms with van der Waals surface area (Å²) in [5, 5.41) is 31.7. The molecule has 2 heterocycles. The highest BCUT2D eigenvalue weighted by Gasteiger charge is 2.54. The fourth-order valence-electron chi connectivity index (χ4n) is 11.8. The molecule has 2 aromatic heterocycles. The van der Waals surface area contributed by atoms with E-state index in [2.05, 4.69) is 60.3 Å². The van der Waals surface area contributed by atoms with Crippen LogP contribution in [0.5, 0.6) is 23.0 Å². The number of hydrogen-bond acceptors (Lipinski definition) is 11. The van der Waals surface area contributed by atoms with E-state index in [1.165, 1.54) is 14.2 Å². The molecule has 0 radical (unpaired) electrons. The van der Waals surface area contributed by atoms with Crippen molar-refractivity contribution in [2.75, 3.05) is 51.0 Å². The minimum absolute atomic E-state index is 0. The van der Waals surface area contributed by atoms with Gasteiger partial charge in [0.1, 0.15) is 6.29 Å². The molecule has 4 N–H and O–H groups in total. The lowest BCUT2D eigenvalue weighted by atomic mass is 9.89. The number of aldehydes is 1. The van der Waals surface area contributed by atoms with E-state index in [9.17, 15) is 15.0 Å². The number of phenolic OH excluding ortho intramolecular Hbond substituents is 2. The number of carbonyl (C=O) groups excluding carboxylic acids is 1. The molecule has 3 aliphatic rings. The van der Waals surface area contributed by atoms with Gasteiger partial charge in [0.15, 0.2) is 23.0 Å². The number of nitrogens with zero attached hydrogens (tertiary/aromatic N) is 4. The van der Waals surface area contributed by atoms with Gasteiger partial charge in [-0.3, -0.25) is 9.97 Å². The Morgan fingerprint density at radius 1 is 0.600 bits per heavy atom. The minimum Gasteiger partial charge on any atom is -0.503 e. The molecule has 0 bridgehead atoms. The third kappa shape index (κ3) is 10.1. The zero-order valence-corrected chi connectivity index (χ0v) is 43.4. The molecule has 9 rings (SSSR count). The fraction of sp³-hybridized carbons (Fsp3) is 0.446. The monoisotopic (exact) mass is 1010 g/mol. The van der Waals surface area contributed by atoms with Crippen molar-refractivity contribution in [1.82, 2.24) is 19.8 Å². The lowest BCUT2D eigenvalue weighted by Gasteiger charge is -2.37. The zero-order valence-electron chi connectivity index (χ0n) is 41.1. The van der Waals surface area contributed by atoms with Crippen LogP contribution in [0.1, 0.15) is 102 Å². The lowest BCUT2D eigenvalue weighted by Crippen LogP contribution is -2.40. The number of ether oxygens (including phenoxy) is 2. The second-order valence-corrected chi connectivity index (χ2v) is 20.0. The largest absolute Gasteiger partial charge is 0.503 e. The SMILES string of the molecule is CCN(CC)C1CCC(Nc2c(C3C(C=O)C3c3cnc4ccc(-c5cc(Cl)c(O)c(OC)c5)cc4c3NC3CCC(N(CC)CC)CC3)cnc3ccc(-c4cc(Cl)c(O)c(OC)c4)cc23)CC1.Cl. The molecule has 3 fully saturated rings. The van der Waals surface area contributed by atoms with Crippen molar-refractivity contribution in [3.63, 3.8) is 0 Å². The van der Waals surface area contributed by atoms with Gasteiger partial charge < -0.3 is 44.9 Å². The van der Waals surface area contributed by atoms with Gasteiger partial charge in [-0.05, 0) is 159 Å². The number of fused-ring (bicyclic) bond motifs is 2. The summed E-state index contributed by atoms with van der Waals surface area (Å²) < 4.78 is 11.0. The van der Waals surface area contributed by atoms with Crippen LogP contribution in [0.15, 0.2) is 73.1 Å². The second kappa shape index (κ2) is 22.2. The van der Waals surface area contributed by atoms with E-state index >= 15 is 0 Å². The topological polar surface area (TPSA) is 132 Å². The lowest BCUT2D eigenvalue weighted by molar-refractivity contribution is -0.109. The molecule has 0 aliphatic heterocycles. The minimum atomic E-state index is -0.312. The number of aromatic hydroxyl groups is 2. The Bertz CT molecular complexity index is 2640. The summed E-state index contributed by atoms with van der Waals surface area (Å²) in [4.78, 5) is 28.9. The Morgan fingerprint density at radius 2 is 0.986 bits per heavy atom. The number of rotatable bonds is 17. The summed E-state index contributed by atoms with van der Waals surface area (Å²) in [5.41, 5.74) is 9.12. The third-order valence-corrected chi connectivity index (χ3v) is 16.2. The van der Waals surface area contributed by atoms with Crippen LogP contribution in [0.2, 0.25) is 10.0 Å². The smallest absolute Gasteiger partial charge is 0.176 e. The molecular weight excluding hydrogens is 943 g/mol. The highest BCUT2D eigenvalue weighted by molar-refractivity contribution is 6.33. The van der Waals surface area contributed by atoms with Crippen LogP contribution in [0, 0.1) is 5.92 Å². The Balaban J connectivity index is 0.00000659. The predicted octanol–water partition coefficient (Wildman–Crippen LogP) is 13.1. The first-order valence-corrected chi connectivity index (χ1v) is 25.7. The van der Waals surface area contributed by atoms with Crippen molar-refractivity contribution in [3.8, 4) is 45.3 Å². The Morgan fingerprint density at radius 3 is 1.33 bits per heavy atom. The van der Waals surface area contributed by atoms with Gasteiger partial charge in [-0.25, -0.2) is 0 Å². The molecule has 2 atom stereocenters. The number of phenols is 2. The van der Waals surface area contributed by atoms with Crippen molar-refractivity contribution >= 4 is 75.1 Å². The van der Waals surface area contributed by atoms with Crippen molar-refractivity contribution in [1.29, 1.82) is 0 Å². The summed E-state index contributed by atoms with van der Waals surface area (Å²) in [6.45, 7) is 13.2. The van der Waals surface area contributed by atoms with Crippen LogP contribution in [-0.2, 0) is 4.79 Å². The molecule has 4 aromatic carbocycles. The quantitative estimate of drug-likeness (QED) is 0.0651. The highest BCUT2D eigenvalue weighted by atomic mass is 35.5. The maximum absolute atomic E-state index is 13.5. The van der Waals surface area contributed by atoms with E-state index in [1.54, 1.807) is 24.3 Å². The van der Waals surface area contributed by atoms with Gasteiger partial charge in [-0.2, -0.15) is 0 Å². The number of benzene rings is 4.